The number of esters is 1. The summed E-state index contributed by atoms with van der Waals surface area (Å²) in [6, 6.07) is 10.6. The van der Waals surface area contributed by atoms with Crippen molar-refractivity contribution >= 4 is 26.1 Å². The highest BCUT2D eigenvalue weighted by Crippen LogP contribution is 2.64. The quantitative estimate of drug-likeness (QED) is 0.0368. The van der Waals surface area contributed by atoms with E-state index in [0.717, 1.165) is 0 Å². The third-order valence-electron chi connectivity index (χ3n) is 10.8. The fourth-order valence-corrected chi connectivity index (χ4v) is 11.0. The minimum absolute atomic E-state index is 0.000177. The van der Waals surface area contributed by atoms with Crippen molar-refractivity contribution < 1.29 is 108 Å². The largest absolute Gasteiger partial charge is 0.497 e. The second kappa shape index (κ2) is 21.4. The topological polar surface area (TPSA) is 92.3 Å². The fraction of sp³-hybridized carbons (Fsp3) is 0.610. The van der Waals surface area contributed by atoms with Gasteiger partial charge in [0.2, 0.25) is 0 Å². The molecule has 0 saturated heterocycles. The van der Waals surface area contributed by atoms with Gasteiger partial charge in [0, 0.05) is 24.1 Å². The number of amides is 1. The zero-order chi connectivity index (χ0) is 52.0. The van der Waals surface area contributed by atoms with E-state index in [-0.39, 0.29) is 24.4 Å². The Kier molecular flexibility index (Phi) is 18.8. The van der Waals surface area contributed by atoms with E-state index in [1.165, 1.54) is 66.0 Å². The molecule has 26 heteroatoms. The lowest BCUT2D eigenvalue weighted by Gasteiger charge is -2.44. The summed E-state index contributed by atoms with van der Waals surface area (Å²) in [5.41, 5.74) is -0.319. The lowest BCUT2D eigenvalue weighted by molar-refractivity contribution is -0.461. The van der Waals surface area contributed by atoms with Gasteiger partial charge >= 0.3 is 59.7 Å². The lowest BCUT2D eigenvalue weighted by Crippen LogP contribution is -2.74. The molecule has 8 nitrogen and oxygen atoms in total. The predicted molar refractivity (Wildman–Crippen MR) is 209 cm³/mol. The van der Waals surface area contributed by atoms with Crippen molar-refractivity contribution in [1.82, 2.24) is 0 Å². The van der Waals surface area contributed by atoms with Crippen LogP contribution in [-0.2, 0) is 18.7 Å². The van der Waals surface area contributed by atoms with E-state index in [2.05, 4.69) is 5.32 Å². The highest BCUT2D eigenvalue weighted by Gasteiger charge is 2.95. The number of carbonyl (C=O) groups is 2. The number of ether oxygens (including phenoxy) is 4. The Morgan fingerprint density at radius 2 is 1.10 bits per heavy atom. The van der Waals surface area contributed by atoms with Crippen LogP contribution in [0.1, 0.15) is 73.0 Å². The van der Waals surface area contributed by atoms with E-state index >= 15 is 8.78 Å². The maximum absolute atomic E-state index is 15.0. The molecule has 0 fully saturated rings. The molecule has 0 aliphatic heterocycles. The number of benzene rings is 2. The standard InChI is InChI=1S/C41H48F17NO7Si/c1-9-63-32(60)26(7)25(6)22-31(66-33(61)59-28-12-16-29(62-8)17-13-28)27-10-14-30(15-11-27)64-19-20-65-67(23(2)3,24(4)5)21-18-34(42,43)35(44,45)36(46,47)37(48,49)38(50,51)39(52,53)40(54,55)41(56,57)58/h10-17,23-24,31H,9,18-22H2,1-8H3,(H,59,61)/b26-25+/t31-/m0/s1. The molecule has 2 aromatic carbocycles. The molecule has 0 aromatic heterocycles. The Hall–Kier alpha value is -4.49. The number of hydrogen-bond donors (Lipinski definition) is 1. The van der Waals surface area contributed by atoms with Crippen molar-refractivity contribution in [2.24, 2.45) is 0 Å². The summed E-state index contributed by atoms with van der Waals surface area (Å²) in [7, 11) is -2.58. The Morgan fingerprint density at radius 3 is 1.55 bits per heavy atom. The molecule has 0 unspecified atom stereocenters. The van der Waals surface area contributed by atoms with Crippen LogP contribution >= 0.6 is 0 Å². The molecule has 2 rings (SSSR count). The van der Waals surface area contributed by atoms with Crippen molar-refractivity contribution in [2.45, 2.75) is 132 Å². The van der Waals surface area contributed by atoms with Gasteiger partial charge in [-0.3, -0.25) is 5.32 Å². The third-order valence-corrected chi connectivity index (χ3v) is 16.5. The lowest BCUT2D eigenvalue weighted by atomic mass is 9.88. The first-order valence-corrected chi connectivity index (χ1v) is 22.2. The van der Waals surface area contributed by atoms with E-state index in [1.54, 1.807) is 38.1 Å². The first-order chi connectivity index (χ1) is 30.4. The van der Waals surface area contributed by atoms with Crippen molar-refractivity contribution in [2.75, 3.05) is 32.2 Å². The zero-order valence-corrected chi connectivity index (χ0v) is 37.9. The number of carbonyl (C=O) groups excluding carboxylic acids is 2. The number of halogens is 17. The van der Waals surface area contributed by atoms with Crippen LogP contribution in [0.5, 0.6) is 11.5 Å². The van der Waals surface area contributed by atoms with E-state index in [4.69, 9.17) is 23.4 Å². The molecule has 0 radical (unpaired) electrons. The van der Waals surface area contributed by atoms with Gasteiger partial charge in [0.1, 0.15) is 24.2 Å². The molecular weight excluding hydrogens is 970 g/mol. The van der Waals surface area contributed by atoms with E-state index in [9.17, 15) is 75.4 Å². The number of rotatable bonds is 24. The molecule has 1 amide bonds. The molecule has 0 spiro atoms. The van der Waals surface area contributed by atoms with Crippen molar-refractivity contribution in [3.63, 3.8) is 0 Å². The number of methoxy groups -OCH3 is 1. The number of nitrogens with one attached hydrogen (secondary N) is 1. The van der Waals surface area contributed by atoms with Crippen LogP contribution in [0.2, 0.25) is 17.1 Å². The second-order valence-corrected chi connectivity index (χ2v) is 20.8. The Labute approximate surface area is 374 Å². The molecule has 0 heterocycles. The summed E-state index contributed by atoms with van der Waals surface area (Å²) in [6.07, 6.45) is -12.3. The van der Waals surface area contributed by atoms with Gasteiger partial charge in [-0.15, -0.1) is 0 Å². The Bertz CT molecular complexity index is 1990. The number of alkyl halides is 17. The van der Waals surface area contributed by atoms with Gasteiger partial charge in [0.05, 0.1) is 20.3 Å². The van der Waals surface area contributed by atoms with Gasteiger partial charge < -0.3 is 23.4 Å². The molecule has 1 atom stereocenters. The summed E-state index contributed by atoms with van der Waals surface area (Å²) >= 11 is 0. The smallest absolute Gasteiger partial charge is 0.460 e. The first-order valence-electron chi connectivity index (χ1n) is 19.9. The van der Waals surface area contributed by atoms with Crippen LogP contribution in [0.3, 0.4) is 0 Å². The maximum atomic E-state index is 15.0. The highest BCUT2D eigenvalue weighted by atomic mass is 28.4. The molecule has 0 saturated carbocycles. The summed E-state index contributed by atoms with van der Waals surface area (Å²) in [4.78, 5) is 25.3. The van der Waals surface area contributed by atoms with Gasteiger partial charge in [-0.2, -0.15) is 74.6 Å². The molecule has 382 valence electrons. The van der Waals surface area contributed by atoms with Gasteiger partial charge in [-0.25, -0.2) is 9.59 Å². The van der Waals surface area contributed by atoms with Crippen molar-refractivity contribution in [1.29, 1.82) is 0 Å². The molecular formula is C41H48F17NO7Si. The normalized spacial score (nSPS) is 14.7. The molecule has 0 aliphatic carbocycles. The van der Waals surface area contributed by atoms with Crippen molar-refractivity contribution in [3.05, 3.63) is 65.2 Å². The molecule has 67 heavy (non-hydrogen) atoms. The minimum Gasteiger partial charge on any atom is -0.497 e. The van der Waals surface area contributed by atoms with E-state index in [1.807, 2.05) is 0 Å². The third kappa shape index (κ3) is 12.0. The second-order valence-electron chi connectivity index (χ2n) is 15.8. The SMILES string of the molecule is CCOC(=O)/C(C)=C(\C)C[C@H](OC(=O)Nc1ccc(OC)cc1)c1ccc(OCCO[Si](CCC(F)(F)C(F)(F)C(F)(F)C(F)(F)C(F)(F)C(F)(F)C(F)(F)C(F)(F)F)(C(C)C)C(C)C)cc1. The number of anilines is 1. The summed E-state index contributed by atoms with van der Waals surface area (Å²) in [5, 5.41) is 2.56. The van der Waals surface area contributed by atoms with E-state index in [0.29, 0.717) is 22.6 Å². The van der Waals surface area contributed by atoms with Crippen LogP contribution in [0.4, 0.5) is 85.1 Å². The highest BCUT2D eigenvalue weighted by molar-refractivity contribution is 6.76. The van der Waals surface area contributed by atoms with Crippen LogP contribution in [0, 0.1) is 0 Å². The summed E-state index contributed by atoms with van der Waals surface area (Å²) in [5.74, 6) is -56.9. The Balaban J connectivity index is 2.32. The molecule has 0 aliphatic rings. The summed E-state index contributed by atoms with van der Waals surface area (Å²) < 4.78 is 263. The average Bonchev–Trinajstić information content (AvgIpc) is 3.22. The van der Waals surface area contributed by atoms with Gasteiger partial charge in [0.15, 0.2) is 8.32 Å². The van der Waals surface area contributed by atoms with Gasteiger partial charge in [-0.05, 0) is 79.9 Å². The van der Waals surface area contributed by atoms with Crippen LogP contribution in [0.15, 0.2) is 59.7 Å². The molecule has 2 aromatic rings. The van der Waals surface area contributed by atoms with Crippen LogP contribution in [0.25, 0.3) is 0 Å². The maximum Gasteiger partial charge on any atom is 0.460 e. The van der Waals surface area contributed by atoms with Gasteiger partial charge in [-0.1, -0.05) is 45.4 Å². The Morgan fingerprint density at radius 1 is 0.642 bits per heavy atom. The zero-order valence-electron chi connectivity index (χ0n) is 36.9. The molecule has 1 N–H and O–H groups in total. The van der Waals surface area contributed by atoms with E-state index < -0.39 is 111 Å². The van der Waals surface area contributed by atoms with Crippen LogP contribution < -0.4 is 14.8 Å². The first kappa shape index (κ1) is 58.6. The van der Waals surface area contributed by atoms with Gasteiger partial charge in [0.25, 0.3) is 0 Å². The minimum atomic E-state index is -8.70. The monoisotopic (exact) mass is 1020 g/mol. The van der Waals surface area contributed by atoms with Crippen LogP contribution in [-0.4, -0.2) is 94.9 Å². The fourth-order valence-electron chi connectivity index (χ4n) is 6.55. The number of hydrogen-bond acceptors (Lipinski definition) is 7. The average molecular weight is 1020 g/mol. The molecule has 0 bridgehead atoms. The van der Waals surface area contributed by atoms with Crippen molar-refractivity contribution in [3.8, 4) is 11.5 Å². The predicted octanol–water partition coefficient (Wildman–Crippen LogP) is 13.8. The summed E-state index contributed by atoms with van der Waals surface area (Å²) in [6.45, 7) is 9.11.